The van der Waals surface area contributed by atoms with Gasteiger partial charge in [0.1, 0.15) is 0 Å². The maximum atomic E-state index is 11.3. The third kappa shape index (κ3) is 2.37. The lowest BCUT2D eigenvalue weighted by molar-refractivity contribution is 0.0943. The van der Waals surface area contributed by atoms with Crippen LogP contribution in [0.25, 0.3) is 0 Å². The highest BCUT2D eigenvalue weighted by atomic mass is 79.9. The van der Waals surface area contributed by atoms with Gasteiger partial charge in [0.15, 0.2) is 0 Å². The molecule has 0 saturated carbocycles. The van der Waals surface area contributed by atoms with Crippen molar-refractivity contribution in [1.29, 1.82) is 0 Å². The molecular formula is C8H11BrN2O. The number of carbonyl (C=O) groups is 1. The van der Waals surface area contributed by atoms with Gasteiger partial charge in [-0.2, -0.15) is 0 Å². The van der Waals surface area contributed by atoms with Crippen molar-refractivity contribution in [3.8, 4) is 0 Å². The van der Waals surface area contributed by atoms with Crippen LogP contribution >= 0.6 is 15.9 Å². The Morgan fingerprint density at radius 3 is 2.75 bits per heavy atom. The number of halogens is 1. The predicted molar refractivity (Wildman–Crippen MR) is 51.1 cm³/mol. The minimum Gasteiger partial charge on any atom is -0.355 e. The summed E-state index contributed by atoms with van der Waals surface area (Å²) in [5, 5.41) is 2.79. The highest BCUT2D eigenvalue weighted by Gasteiger charge is 2.07. The molecule has 12 heavy (non-hydrogen) atoms. The van der Waals surface area contributed by atoms with E-state index in [9.17, 15) is 4.79 Å². The Kier molecular flexibility index (Phi) is 2.92. The van der Waals surface area contributed by atoms with Crippen molar-refractivity contribution >= 4 is 21.8 Å². The van der Waals surface area contributed by atoms with Gasteiger partial charge < -0.3 is 10.3 Å². The normalized spacial score (nSPS) is 10.3. The number of hydrogen-bond acceptors (Lipinski definition) is 1. The predicted octanol–water partition coefficient (Wildman–Crippen LogP) is 1.92. The standard InChI is InChI=1S/C8H11BrN2O/c1-5(2)11-8(12)6-3-7(9)10-4-6/h3-5,10H,1-2H3,(H,11,12). The van der Waals surface area contributed by atoms with Crippen LogP contribution in [0, 0.1) is 0 Å². The summed E-state index contributed by atoms with van der Waals surface area (Å²) in [4.78, 5) is 14.2. The average Bonchev–Trinajstić information content (AvgIpc) is 2.34. The zero-order valence-electron chi connectivity index (χ0n) is 7.02. The summed E-state index contributed by atoms with van der Waals surface area (Å²) in [7, 11) is 0. The number of hydrogen-bond donors (Lipinski definition) is 2. The smallest absolute Gasteiger partial charge is 0.253 e. The maximum absolute atomic E-state index is 11.3. The van der Waals surface area contributed by atoms with Crippen LogP contribution < -0.4 is 5.32 Å². The topological polar surface area (TPSA) is 44.9 Å². The van der Waals surface area contributed by atoms with Crippen molar-refractivity contribution in [2.24, 2.45) is 0 Å². The third-order valence-corrected chi connectivity index (χ3v) is 1.79. The molecule has 0 fully saturated rings. The fourth-order valence-electron chi connectivity index (χ4n) is 0.843. The Hall–Kier alpha value is -0.770. The van der Waals surface area contributed by atoms with Crippen molar-refractivity contribution < 1.29 is 4.79 Å². The molecular weight excluding hydrogens is 220 g/mol. The second-order valence-electron chi connectivity index (χ2n) is 2.86. The molecule has 2 N–H and O–H groups in total. The molecule has 0 aliphatic carbocycles. The van der Waals surface area contributed by atoms with Crippen LogP contribution in [0.2, 0.25) is 0 Å². The molecule has 1 rings (SSSR count). The Bertz CT molecular complexity index is 280. The fourth-order valence-corrected chi connectivity index (χ4v) is 1.20. The second-order valence-corrected chi connectivity index (χ2v) is 3.72. The Balaban J connectivity index is 2.65. The molecule has 3 nitrogen and oxygen atoms in total. The lowest BCUT2D eigenvalue weighted by Gasteiger charge is -2.05. The van der Waals surface area contributed by atoms with Crippen molar-refractivity contribution in [2.45, 2.75) is 19.9 Å². The van der Waals surface area contributed by atoms with Gasteiger partial charge in [0.05, 0.1) is 10.2 Å². The van der Waals surface area contributed by atoms with Crippen LogP contribution in [0.1, 0.15) is 24.2 Å². The van der Waals surface area contributed by atoms with Gasteiger partial charge in [-0.1, -0.05) is 0 Å². The van der Waals surface area contributed by atoms with Crippen molar-refractivity contribution in [3.05, 3.63) is 22.4 Å². The highest BCUT2D eigenvalue weighted by molar-refractivity contribution is 9.10. The molecule has 0 aliphatic rings. The summed E-state index contributed by atoms with van der Waals surface area (Å²) in [6, 6.07) is 1.92. The molecule has 4 heteroatoms. The lowest BCUT2D eigenvalue weighted by atomic mass is 10.3. The largest absolute Gasteiger partial charge is 0.355 e. The molecule has 0 unspecified atom stereocenters. The van der Waals surface area contributed by atoms with E-state index in [-0.39, 0.29) is 11.9 Å². The van der Waals surface area contributed by atoms with E-state index in [2.05, 4.69) is 26.2 Å². The maximum Gasteiger partial charge on any atom is 0.253 e. The SMILES string of the molecule is CC(C)NC(=O)c1c[nH]c(Br)c1. The van der Waals surface area contributed by atoms with Crippen molar-refractivity contribution in [3.63, 3.8) is 0 Å². The van der Waals surface area contributed by atoms with Crippen LogP contribution in [-0.2, 0) is 0 Å². The number of rotatable bonds is 2. The minimum absolute atomic E-state index is 0.0491. The molecule has 0 atom stereocenters. The minimum atomic E-state index is -0.0491. The van der Waals surface area contributed by atoms with E-state index in [1.54, 1.807) is 12.3 Å². The van der Waals surface area contributed by atoms with E-state index < -0.39 is 0 Å². The van der Waals surface area contributed by atoms with Crippen LogP contribution in [0.3, 0.4) is 0 Å². The summed E-state index contributed by atoms with van der Waals surface area (Å²) in [5.41, 5.74) is 0.649. The number of H-pyrrole nitrogens is 1. The summed E-state index contributed by atoms with van der Waals surface area (Å²) >= 11 is 3.23. The Labute approximate surface area is 79.7 Å². The quantitative estimate of drug-likeness (QED) is 0.802. The summed E-state index contributed by atoms with van der Waals surface area (Å²) in [6.07, 6.45) is 1.67. The molecule has 66 valence electrons. The first-order valence-electron chi connectivity index (χ1n) is 3.74. The molecule has 0 bridgehead atoms. The number of aromatic nitrogens is 1. The highest BCUT2D eigenvalue weighted by Crippen LogP contribution is 2.09. The second kappa shape index (κ2) is 3.76. The molecule has 0 aromatic carbocycles. The zero-order valence-corrected chi connectivity index (χ0v) is 8.60. The van der Waals surface area contributed by atoms with Gasteiger partial charge in [-0.15, -0.1) is 0 Å². The molecule has 0 spiro atoms. The van der Waals surface area contributed by atoms with Gasteiger partial charge in [0.25, 0.3) is 5.91 Å². The zero-order chi connectivity index (χ0) is 9.14. The fraction of sp³-hybridized carbons (Fsp3) is 0.375. The van der Waals surface area contributed by atoms with Crippen LogP contribution in [0.5, 0.6) is 0 Å². The third-order valence-electron chi connectivity index (χ3n) is 1.33. The van der Waals surface area contributed by atoms with Gasteiger partial charge in [-0.05, 0) is 35.8 Å². The Morgan fingerprint density at radius 1 is 1.67 bits per heavy atom. The van der Waals surface area contributed by atoms with E-state index in [0.717, 1.165) is 4.60 Å². The number of nitrogens with one attached hydrogen (secondary N) is 2. The van der Waals surface area contributed by atoms with Crippen LogP contribution in [-0.4, -0.2) is 16.9 Å². The average molecular weight is 231 g/mol. The number of aromatic amines is 1. The molecule has 1 aromatic heterocycles. The monoisotopic (exact) mass is 230 g/mol. The molecule has 1 heterocycles. The van der Waals surface area contributed by atoms with E-state index in [0.29, 0.717) is 5.56 Å². The molecule has 0 radical (unpaired) electrons. The van der Waals surface area contributed by atoms with Crippen LogP contribution in [0.15, 0.2) is 16.9 Å². The Morgan fingerprint density at radius 2 is 2.33 bits per heavy atom. The molecule has 1 amide bonds. The van der Waals surface area contributed by atoms with E-state index >= 15 is 0 Å². The summed E-state index contributed by atoms with van der Waals surface area (Å²) in [6.45, 7) is 3.86. The molecule has 0 aliphatic heterocycles. The van der Waals surface area contributed by atoms with E-state index in [1.165, 1.54) is 0 Å². The van der Waals surface area contributed by atoms with Gasteiger partial charge in [-0.3, -0.25) is 4.79 Å². The van der Waals surface area contributed by atoms with Gasteiger partial charge in [0.2, 0.25) is 0 Å². The first-order valence-corrected chi connectivity index (χ1v) is 4.53. The summed E-state index contributed by atoms with van der Waals surface area (Å²) in [5.74, 6) is -0.0491. The lowest BCUT2D eigenvalue weighted by Crippen LogP contribution is -2.29. The first-order chi connectivity index (χ1) is 5.59. The molecule has 0 saturated heterocycles. The van der Waals surface area contributed by atoms with E-state index in [1.807, 2.05) is 13.8 Å². The number of amides is 1. The van der Waals surface area contributed by atoms with Crippen LogP contribution in [0.4, 0.5) is 0 Å². The molecule has 1 aromatic rings. The number of carbonyl (C=O) groups excluding carboxylic acids is 1. The van der Waals surface area contributed by atoms with Gasteiger partial charge >= 0.3 is 0 Å². The van der Waals surface area contributed by atoms with Crippen molar-refractivity contribution in [1.82, 2.24) is 10.3 Å². The van der Waals surface area contributed by atoms with Gasteiger partial charge in [-0.25, -0.2) is 0 Å². The summed E-state index contributed by atoms with van der Waals surface area (Å²) < 4.78 is 0.816. The van der Waals surface area contributed by atoms with Crippen molar-refractivity contribution in [2.75, 3.05) is 0 Å². The van der Waals surface area contributed by atoms with E-state index in [4.69, 9.17) is 0 Å². The van der Waals surface area contributed by atoms with Gasteiger partial charge in [0, 0.05) is 12.2 Å². The first kappa shape index (κ1) is 9.32.